The lowest BCUT2D eigenvalue weighted by Gasteiger charge is -2.35. The largest absolute Gasteiger partial charge is 0.490 e. The molecule has 2 aromatic carbocycles. The van der Waals surface area contributed by atoms with Crippen molar-refractivity contribution in [2.75, 3.05) is 38.0 Å². The minimum Gasteiger partial charge on any atom is -0.475 e. The summed E-state index contributed by atoms with van der Waals surface area (Å²) in [6.07, 6.45) is 3.91. The molecule has 0 atom stereocenters. The van der Waals surface area contributed by atoms with Gasteiger partial charge in [0.1, 0.15) is 5.82 Å². The van der Waals surface area contributed by atoms with E-state index in [1.54, 1.807) is 11.0 Å². The van der Waals surface area contributed by atoms with Gasteiger partial charge in [-0.1, -0.05) is 50.3 Å². The lowest BCUT2D eigenvalue weighted by Crippen LogP contribution is -2.48. The Bertz CT molecular complexity index is 1380. The zero-order chi connectivity index (χ0) is 33.3. The molecule has 3 N–H and O–H groups in total. The molecule has 1 heterocycles. The van der Waals surface area contributed by atoms with Crippen LogP contribution in [0, 0.1) is 17.7 Å². The molecular weight excluding hydrogens is 608 g/mol. The molecule has 250 valence electrons. The lowest BCUT2D eigenvalue weighted by molar-refractivity contribution is -0.192. The first kappa shape index (κ1) is 34.9. The summed E-state index contributed by atoms with van der Waals surface area (Å²) in [7, 11) is 0. The van der Waals surface area contributed by atoms with Crippen molar-refractivity contribution in [2.45, 2.75) is 64.1 Å². The summed E-state index contributed by atoms with van der Waals surface area (Å²) in [5, 5.41) is 12.4. The van der Waals surface area contributed by atoms with Crippen LogP contribution in [0.1, 0.15) is 77.6 Å². The van der Waals surface area contributed by atoms with Crippen molar-refractivity contribution in [3.63, 3.8) is 0 Å². The summed E-state index contributed by atoms with van der Waals surface area (Å²) < 4.78 is 46.4. The zero-order valence-electron chi connectivity index (χ0n) is 25.6. The van der Waals surface area contributed by atoms with Crippen LogP contribution < -0.4 is 10.6 Å². The first-order valence-electron chi connectivity index (χ1n) is 15.7. The Morgan fingerprint density at radius 3 is 2.13 bits per heavy atom. The number of alkyl halides is 3. The standard InChI is InChI=1S/C31H39FN4O3.C2HF3O2/c32-27-19-26(11-12-28(27)34-31(39)33-20-23-9-10-23)30(38)36-15-13-35(14-16-36)21-24-7-4-8-25(17-24)29(37)18-22-5-2-1-3-6-22;3-2(4,5)1(6)7/h4,7-8,11-12,17,19,22-23H,1-3,5-6,9-10,13-16,18,20-21H2,(H2,33,34,39);(H,6,7). The second-order valence-electron chi connectivity index (χ2n) is 12.2. The number of urea groups is 1. The van der Waals surface area contributed by atoms with E-state index in [4.69, 9.17) is 9.90 Å². The van der Waals surface area contributed by atoms with E-state index in [0.29, 0.717) is 51.0 Å². The Kier molecular flexibility index (Phi) is 12.1. The first-order chi connectivity index (χ1) is 21.9. The third-order valence-corrected chi connectivity index (χ3v) is 8.47. The molecule has 1 saturated heterocycles. The van der Waals surface area contributed by atoms with E-state index < -0.39 is 24.0 Å². The predicted molar refractivity (Wildman–Crippen MR) is 163 cm³/mol. The van der Waals surface area contributed by atoms with E-state index in [9.17, 15) is 31.9 Å². The fourth-order valence-electron chi connectivity index (χ4n) is 5.64. The van der Waals surface area contributed by atoms with Gasteiger partial charge in [-0.3, -0.25) is 14.5 Å². The van der Waals surface area contributed by atoms with Crippen LogP contribution in [-0.2, 0) is 11.3 Å². The number of nitrogens with one attached hydrogen (secondary N) is 2. The number of hydrogen-bond donors (Lipinski definition) is 3. The number of amides is 3. The SMILES string of the molecule is O=C(NCC1CC1)Nc1ccc(C(=O)N2CCN(Cc3cccc(C(=O)CC4CCCCC4)c3)CC2)cc1F.O=C(O)C(F)(F)F. The molecule has 46 heavy (non-hydrogen) atoms. The summed E-state index contributed by atoms with van der Waals surface area (Å²) in [6.45, 7) is 3.82. The highest BCUT2D eigenvalue weighted by Gasteiger charge is 2.38. The molecule has 3 aliphatic rings. The van der Waals surface area contributed by atoms with E-state index in [1.807, 2.05) is 18.2 Å². The number of benzene rings is 2. The normalized spacial score (nSPS) is 17.4. The Hall–Kier alpha value is -4.00. The van der Waals surface area contributed by atoms with Crippen molar-refractivity contribution in [1.82, 2.24) is 15.1 Å². The summed E-state index contributed by atoms with van der Waals surface area (Å²) in [5.74, 6) is -2.30. The molecule has 0 bridgehead atoms. The molecule has 5 rings (SSSR count). The monoisotopic (exact) mass is 648 g/mol. The molecule has 13 heteroatoms. The van der Waals surface area contributed by atoms with Crippen LogP contribution in [0.2, 0.25) is 0 Å². The molecule has 3 fully saturated rings. The number of ketones is 1. The quantitative estimate of drug-likeness (QED) is 0.223. The van der Waals surface area contributed by atoms with E-state index in [-0.39, 0.29) is 22.9 Å². The zero-order valence-corrected chi connectivity index (χ0v) is 25.6. The maximum absolute atomic E-state index is 14.6. The summed E-state index contributed by atoms with van der Waals surface area (Å²) in [5.41, 5.74) is 2.24. The molecule has 9 nitrogen and oxygen atoms in total. The van der Waals surface area contributed by atoms with Crippen LogP contribution in [-0.4, -0.2) is 77.5 Å². The van der Waals surface area contributed by atoms with E-state index >= 15 is 0 Å². The number of halogens is 4. The number of carbonyl (C=O) groups excluding carboxylic acids is 3. The average molecular weight is 649 g/mol. The third kappa shape index (κ3) is 10.8. The lowest BCUT2D eigenvalue weighted by atomic mass is 9.84. The minimum absolute atomic E-state index is 0.0594. The van der Waals surface area contributed by atoms with Crippen LogP contribution in [0.4, 0.5) is 28.0 Å². The maximum atomic E-state index is 14.6. The summed E-state index contributed by atoms with van der Waals surface area (Å²) in [6, 6.07) is 11.7. The van der Waals surface area contributed by atoms with Gasteiger partial charge in [0.05, 0.1) is 5.69 Å². The molecule has 2 aliphatic carbocycles. The number of anilines is 1. The fraction of sp³-hybridized carbons (Fsp3) is 0.515. The van der Waals surface area contributed by atoms with Gasteiger partial charge >= 0.3 is 18.2 Å². The number of piperazine rings is 1. The number of Topliss-reactive ketones (excluding diaryl/α,β-unsaturated/α-hetero) is 1. The van der Waals surface area contributed by atoms with Crippen molar-refractivity contribution in [3.05, 3.63) is 65.0 Å². The molecule has 0 unspecified atom stereocenters. The number of carbonyl (C=O) groups is 4. The van der Waals surface area contributed by atoms with Crippen LogP contribution in [0.3, 0.4) is 0 Å². The number of carboxylic acids is 1. The number of aliphatic carboxylic acids is 1. The number of nitrogens with zero attached hydrogens (tertiary/aromatic N) is 2. The summed E-state index contributed by atoms with van der Waals surface area (Å²) in [4.78, 5) is 50.8. The fourth-order valence-corrected chi connectivity index (χ4v) is 5.64. The first-order valence-corrected chi connectivity index (χ1v) is 15.7. The van der Waals surface area contributed by atoms with Crippen molar-refractivity contribution >= 4 is 29.4 Å². The van der Waals surface area contributed by atoms with Crippen LogP contribution in [0.25, 0.3) is 0 Å². The molecule has 3 amide bonds. The maximum Gasteiger partial charge on any atom is 0.490 e. The van der Waals surface area contributed by atoms with Crippen molar-refractivity contribution in [3.8, 4) is 0 Å². The van der Waals surface area contributed by atoms with Gasteiger partial charge < -0.3 is 20.6 Å². The number of carboxylic acid groups (broad SMARTS) is 1. The molecule has 2 aromatic rings. The third-order valence-electron chi connectivity index (χ3n) is 8.47. The number of hydrogen-bond acceptors (Lipinski definition) is 5. The Labute approximate surface area is 265 Å². The highest BCUT2D eigenvalue weighted by atomic mass is 19.4. The molecule has 0 aromatic heterocycles. The van der Waals surface area contributed by atoms with E-state index in [0.717, 1.165) is 30.5 Å². The van der Waals surface area contributed by atoms with Gasteiger partial charge in [-0.05, 0) is 54.5 Å². The molecule has 0 spiro atoms. The van der Waals surface area contributed by atoms with Crippen LogP contribution in [0.5, 0.6) is 0 Å². The molecule has 2 saturated carbocycles. The number of rotatable bonds is 9. The topological polar surface area (TPSA) is 119 Å². The smallest absolute Gasteiger partial charge is 0.475 e. The van der Waals surface area contributed by atoms with Gasteiger partial charge in [0.25, 0.3) is 5.91 Å². The van der Waals surface area contributed by atoms with Gasteiger partial charge in [-0.25, -0.2) is 14.0 Å². The van der Waals surface area contributed by atoms with Gasteiger partial charge in [0, 0.05) is 56.8 Å². The minimum atomic E-state index is -5.08. The highest BCUT2D eigenvalue weighted by molar-refractivity contribution is 5.96. The van der Waals surface area contributed by atoms with Crippen molar-refractivity contribution in [2.24, 2.45) is 11.8 Å². The van der Waals surface area contributed by atoms with Gasteiger partial charge in [-0.2, -0.15) is 13.2 Å². The van der Waals surface area contributed by atoms with Gasteiger partial charge in [-0.15, -0.1) is 0 Å². The second-order valence-corrected chi connectivity index (χ2v) is 12.2. The Morgan fingerprint density at radius 2 is 1.52 bits per heavy atom. The Balaban J connectivity index is 0.000000617. The van der Waals surface area contributed by atoms with Crippen molar-refractivity contribution in [1.29, 1.82) is 0 Å². The van der Waals surface area contributed by atoms with E-state index in [2.05, 4.69) is 21.6 Å². The van der Waals surface area contributed by atoms with Crippen LogP contribution >= 0.6 is 0 Å². The van der Waals surface area contributed by atoms with Gasteiger partial charge in [0.15, 0.2) is 5.78 Å². The van der Waals surface area contributed by atoms with Crippen LogP contribution in [0.15, 0.2) is 42.5 Å². The van der Waals surface area contributed by atoms with Gasteiger partial charge in [0.2, 0.25) is 0 Å². The molecule has 0 radical (unpaired) electrons. The average Bonchev–Trinajstić information content (AvgIpc) is 3.86. The molecular formula is C33H40F4N4O5. The van der Waals surface area contributed by atoms with Crippen molar-refractivity contribution < 1.29 is 41.8 Å². The Morgan fingerprint density at radius 1 is 0.848 bits per heavy atom. The second kappa shape index (κ2) is 16.0. The summed E-state index contributed by atoms with van der Waals surface area (Å²) >= 11 is 0. The molecule has 1 aliphatic heterocycles. The van der Waals surface area contributed by atoms with E-state index in [1.165, 1.54) is 44.2 Å². The highest BCUT2D eigenvalue weighted by Crippen LogP contribution is 2.28. The predicted octanol–water partition coefficient (Wildman–Crippen LogP) is 6.10.